The molecule has 0 heterocycles. The van der Waals surface area contributed by atoms with Gasteiger partial charge in [-0.3, -0.25) is 0 Å². The standard InChI is InChI=1S/C7H11BrF4/c1-2-3-4-5-6(9,10)7(8,11)12/h2-5H2,1H3. The van der Waals surface area contributed by atoms with Gasteiger partial charge in [-0.15, -0.1) is 0 Å². The minimum absolute atomic E-state index is 0.130. The van der Waals surface area contributed by atoms with Crippen molar-refractivity contribution in [2.45, 2.75) is 43.4 Å². The van der Waals surface area contributed by atoms with Crippen LogP contribution in [0.4, 0.5) is 17.6 Å². The summed E-state index contributed by atoms with van der Waals surface area (Å²) in [6, 6.07) is 0. The summed E-state index contributed by atoms with van der Waals surface area (Å²) >= 11 is 1.67. The van der Waals surface area contributed by atoms with Crippen LogP contribution < -0.4 is 0 Å². The second-order valence-electron chi connectivity index (χ2n) is 2.66. The van der Waals surface area contributed by atoms with Gasteiger partial charge in [0.15, 0.2) is 0 Å². The maximum absolute atomic E-state index is 12.5. The largest absolute Gasteiger partial charge is 0.363 e. The van der Waals surface area contributed by atoms with Crippen LogP contribution in [-0.4, -0.2) is 10.8 Å². The van der Waals surface area contributed by atoms with Gasteiger partial charge in [0.25, 0.3) is 0 Å². The van der Waals surface area contributed by atoms with Crippen LogP contribution in [0.15, 0.2) is 0 Å². The van der Waals surface area contributed by atoms with Gasteiger partial charge in [0, 0.05) is 6.42 Å². The first kappa shape index (κ1) is 12.2. The van der Waals surface area contributed by atoms with E-state index in [0.29, 0.717) is 6.42 Å². The molecule has 0 nitrogen and oxygen atoms in total. The van der Waals surface area contributed by atoms with Gasteiger partial charge >= 0.3 is 10.8 Å². The molecule has 0 aliphatic rings. The van der Waals surface area contributed by atoms with Crippen molar-refractivity contribution in [1.82, 2.24) is 0 Å². The fourth-order valence-electron chi connectivity index (χ4n) is 0.739. The van der Waals surface area contributed by atoms with Crippen LogP contribution >= 0.6 is 15.9 Å². The van der Waals surface area contributed by atoms with Gasteiger partial charge in [-0.1, -0.05) is 19.8 Å². The van der Waals surface area contributed by atoms with Crippen LogP contribution in [-0.2, 0) is 0 Å². The van der Waals surface area contributed by atoms with Crippen molar-refractivity contribution >= 4 is 15.9 Å². The molecule has 0 saturated carbocycles. The number of halogens is 5. The molecule has 0 fully saturated rings. The molecular formula is C7H11BrF4. The molecular weight excluding hydrogens is 240 g/mol. The van der Waals surface area contributed by atoms with Crippen molar-refractivity contribution in [2.75, 3.05) is 0 Å². The minimum Gasteiger partial charge on any atom is -0.199 e. The fourth-order valence-corrected chi connectivity index (χ4v) is 0.937. The molecule has 0 spiro atoms. The Morgan fingerprint density at radius 1 is 1.08 bits per heavy atom. The van der Waals surface area contributed by atoms with Crippen LogP contribution in [0.5, 0.6) is 0 Å². The zero-order chi connectivity index (χ0) is 9.83. The third kappa shape index (κ3) is 3.74. The second kappa shape index (κ2) is 4.44. The van der Waals surface area contributed by atoms with Crippen molar-refractivity contribution in [1.29, 1.82) is 0 Å². The first-order valence-electron chi connectivity index (χ1n) is 3.76. The summed E-state index contributed by atoms with van der Waals surface area (Å²) in [5, 5.41) is 0. The van der Waals surface area contributed by atoms with E-state index in [9.17, 15) is 17.6 Å². The van der Waals surface area contributed by atoms with Crippen LogP contribution in [0, 0.1) is 0 Å². The number of hydrogen-bond acceptors (Lipinski definition) is 0. The maximum Gasteiger partial charge on any atom is 0.363 e. The molecule has 0 aliphatic heterocycles. The first-order chi connectivity index (χ1) is 5.31. The highest BCUT2D eigenvalue weighted by Crippen LogP contribution is 2.42. The second-order valence-corrected chi connectivity index (χ2v) is 3.66. The molecule has 12 heavy (non-hydrogen) atoms. The van der Waals surface area contributed by atoms with Crippen molar-refractivity contribution < 1.29 is 17.6 Å². The predicted octanol–water partition coefficient (Wildman–Crippen LogP) is 4.19. The Morgan fingerprint density at radius 2 is 1.58 bits per heavy atom. The highest BCUT2D eigenvalue weighted by molar-refractivity contribution is 9.10. The van der Waals surface area contributed by atoms with E-state index < -0.39 is 17.2 Å². The number of alkyl halides is 5. The van der Waals surface area contributed by atoms with Gasteiger partial charge in [-0.2, -0.15) is 17.6 Å². The van der Waals surface area contributed by atoms with Crippen molar-refractivity contribution in [2.24, 2.45) is 0 Å². The van der Waals surface area contributed by atoms with Crippen molar-refractivity contribution in [3.05, 3.63) is 0 Å². The molecule has 0 bridgehead atoms. The van der Waals surface area contributed by atoms with Crippen molar-refractivity contribution in [3.8, 4) is 0 Å². The molecule has 0 aromatic heterocycles. The predicted molar refractivity (Wildman–Crippen MR) is 43.0 cm³/mol. The average molecular weight is 251 g/mol. The lowest BCUT2D eigenvalue weighted by Crippen LogP contribution is -2.34. The van der Waals surface area contributed by atoms with Gasteiger partial charge in [0.05, 0.1) is 0 Å². The van der Waals surface area contributed by atoms with Crippen LogP contribution in [0.2, 0.25) is 0 Å². The van der Waals surface area contributed by atoms with E-state index in [0.717, 1.165) is 6.42 Å². The Bertz CT molecular complexity index is 130. The summed E-state index contributed by atoms with van der Waals surface area (Å²) in [5.41, 5.74) is 0. The van der Waals surface area contributed by atoms with Crippen LogP contribution in [0.25, 0.3) is 0 Å². The summed E-state index contributed by atoms with van der Waals surface area (Å²) in [4.78, 5) is -4.08. The van der Waals surface area contributed by atoms with Gasteiger partial charge in [0.2, 0.25) is 0 Å². The lowest BCUT2D eigenvalue weighted by molar-refractivity contribution is -0.151. The smallest absolute Gasteiger partial charge is 0.199 e. The van der Waals surface area contributed by atoms with Gasteiger partial charge in [-0.05, 0) is 22.4 Å². The molecule has 0 saturated heterocycles. The summed E-state index contributed by atoms with van der Waals surface area (Å²) in [6.07, 6.45) is 0.659. The molecule has 74 valence electrons. The monoisotopic (exact) mass is 250 g/mol. The maximum atomic E-state index is 12.5. The molecule has 0 radical (unpaired) electrons. The van der Waals surface area contributed by atoms with Crippen LogP contribution in [0.3, 0.4) is 0 Å². The SMILES string of the molecule is CCCCCC(F)(F)C(F)(F)Br. The Hall–Kier alpha value is 0.200. The quantitative estimate of drug-likeness (QED) is 0.390. The Labute approximate surface area is 77.5 Å². The lowest BCUT2D eigenvalue weighted by atomic mass is 10.1. The third-order valence-corrected chi connectivity index (χ3v) is 2.09. The summed E-state index contributed by atoms with van der Waals surface area (Å²) in [5.74, 6) is -3.93. The average Bonchev–Trinajstić information content (AvgIpc) is 1.85. The molecule has 0 unspecified atom stereocenters. The molecule has 0 aromatic rings. The molecule has 0 N–H and O–H groups in total. The molecule has 0 rings (SSSR count). The Balaban J connectivity index is 3.88. The zero-order valence-electron chi connectivity index (χ0n) is 6.72. The summed E-state index contributed by atoms with van der Waals surface area (Å²) < 4.78 is 49.1. The molecule has 0 atom stereocenters. The number of hydrogen-bond donors (Lipinski definition) is 0. The molecule has 5 heteroatoms. The van der Waals surface area contributed by atoms with Crippen molar-refractivity contribution in [3.63, 3.8) is 0 Å². The number of rotatable bonds is 5. The first-order valence-corrected chi connectivity index (χ1v) is 4.55. The third-order valence-electron chi connectivity index (χ3n) is 1.51. The van der Waals surface area contributed by atoms with Gasteiger partial charge in [-0.25, -0.2) is 0 Å². The van der Waals surface area contributed by atoms with E-state index in [-0.39, 0.29) is 6.42 Å². The van der Waals surface area contributed by atoms with E-state index in [1.54, 1.807) is 15.9 Å². The van der Waals surface area contributed by atoms with E-state index in [1.165, 1.54) is 0 Å². The summed E-state index contributed by atoms with van der Waals surface area (Å²) in [6.45, 7) is 1.82. The fraction of sp³-hybridized carbons (Fsp3) is 1.00. The Morgan fingerprint density at radius 3 is 1.92 bits per heavy atom. The summed E-state index contributed by atoms with van der Waals surface area (Å²) in [7, 11) is 0. The lowest BCUT2D eigenvalue weighted by Gasteiger charge is -2.20. The molecule has 0 aliphatic carbocycles. The van der Waals surface area contributed by atoms with Gasteiger partial charge in [0.1, 0.15) is 0 Å². The van der Waals surface area contributed by atoms with E-state index in [1.807, 2.05) is 6.92 Å². The highest BCUT2D eigenvalue weighted by atomic mass is 79.9. The minimum atomic E-state index is -4.08. The van der Waals surface area contributed by atoms with E-state index in [4.69, 9.17) is 0 Å². The number of unbranched alkanes of at least 4 members (excludes halogenated alkanes) is 2. The van der Waals surface area contributed by atoms with Gasteiger partial charge < -0.3 is 0 Å². The normalized spacial score (nSPS) is 13.5. The highest BCUT2D eigenvalue weighted by Gasteiger charge is 2.53. The zero-order valence-corrected chi connectivity index (χ0v) is 8.30. The molecule has 0 amide bonds. The Kier molecular flexibility index (Phi) is 4.51. The van der Waals surface area contributed by atoms with E-state index >= 15 is 0 Å². The topological polar surface area (TPSA) is 0 Å². The van der Waals surface area contributed by atoms with E-state index in [2.05, 4.69) is 0 Å². The molecule has 0 aromatic carbocycles. The van der Waals surface area contributed by atoms with Crippen LogP contribution in [0.1, 0.15) is 32.6 Å².